The topological polar surface area (TPSA) is 37.3 Å². The SMILES string of the molecule is CCC(C)=O.Oc1ccc(-c2ccccc2)cc1. The van der Waals surface area contributed by atoms with Crippen molar-refractivity contribution >= 4 is 5.78 Å². The van der Waals surface area contributed by atoms with Crippen LogP contribution in [0.4, 0.5) is 0 Å². The monoisotopic (exact) mass is 242 g/mol. The minimum Gasteiger partial charge on any atom is -0.508 e. The van der Waals surface area contributed by atoms with E-state index >= 15 is 0 Å². The Balaban J connectivity index is 0.000000280. The number of carbonyl (C=O) groups excluding carboxylic acids is 1. The summed E-state index contributed by atoms with van der Waals surface area (Å²) in [5.41, 5.74) is 2.29. The molecule has 0 aliphatic carbocycles. The van der Waals surface area contributed by atoms with Gasteiger partial charge in [0.1, 0.15) is 11.5 Å². The standard InChI is InChI=1S/C12H10O.C4H8O/c13-12-8-6-11(7-9-12)10-4-2-1-3-5-10;1-3-4(2)5/h1-9,13H;3H2,1-2H3. The van der Waals surface area contributed by atoms with Crippen molar-refractivity contribution in [2.45, 2.75) is 20.3 Å². The molecule has 0 atom stereocenters. The lowest BCUT2D eigenvalue weighted by molar-refractivity contribution is -0.116. The van der Waals surface area contributed by atoms with Gasteiger partial charge in [0.15, 0.2) is 0 Å². The van der Waals surface area contributed by atoms with Crippen LogP contribution in [0, 0.1) is 0 Å². The summed E-state index contributed by atoms with van der Waals surface area (Å²) in [5.74, 6) is 0.560. The summed E-state index contributed by atoms with van der Waals surface area (Å²) in [4.78, 5) is 9.81. The predicted octanol–water partition coefficient (Wildman–Crippen LogP) is 4.04. The van der Waals surface area contributed by atoms with Gasteiger partial charge in [-0.15, -0.1) is 0 Å². The van der Waals surface area contributed by atoms with E-state index in [-0.39, 0.29) is 5.78 Å². The molecule has 0 aromatic heterocycles. The van der Waals surface area contributed by atoms with Crippen LogP contribution < -0.4 is 0 Å². The maximum atomic E-state index is 9.81. The van der Waals surface area contributed by atoms with Crippen molar-refractivity contribution < 1.29 is 9.90 Å². The highest BCUT2D eigenvalue weighted by Gasteiger charge is 1.94. The van der Waals surface area contributed by atoms with Crippen molar-refractivity contribution in [1.82, 2.24) is 0 Å². The van der Waals surface area contributed by atoms with Gasteiger partial charge >= 0.3 is 0 Å². The Bertz CT molecular complexity index is 472. The smallest absolute Gasteiger partial charge is 0.129 e. The van der Waals surface area contributed by atoms with E-state index in [4.69, 9.17) is 5.11 Å². The summed E-state index contributed by atoms with van der Waals surface area (Å²) < 4.78 is 0. The summed E-state index contributed by atoms with van der Waals surface area (Å²) in [6.07, 6.45) is 0.667. The van der Waals surface area contributed by atoms with Gasteiger partial charge in [0.25, 0.3) is 0 Å². The average molecular weight is 242 g/mol. The molecule has 2 heteroatoms. The molecule has 0 bridgehead atoms. The maximum Gasteiger partial charge on any atom is 0.129 e. The van der Waals surface area contributed by atoms with E-state index in [2.05, 4.69) is 0 Å². The molecule has 0 saturated heterocycles. The lowest BCUT2D eigenvalue weighted by Gasteiger charge is -2.00. The Kier molecular flexibility index (Phi) is 5.65. The number of benzene rings is 2. The van der Waals surface area contributed by atoms with Crippen LogP contribution in [0.3, 0.4) is 0 Å². The van der Waals surface area contributed by atoms with Gasteiger partial charge in [0, 0.05) is 6.42 Å². The number of carbonyl (C=O) groups is 1. The first-order valence-electron chi connectivity index (χ1n) is 5.97. The second-order valence-electron chi connectivity index (χ2n) is 3.97. The highest BCUT2D eigenvalue weighted by atomic mass is 16.3. The summed E-state index contributed by atoms with van der Waals surface area (Å²) >= 11 is 0. The Morgan fingerprint density at radius 2 is 1.39 bits per heavy atom. The van der Waals surface area contributed by atoms with Crippen LogP contribution in [-0.2, 0) is 4.79 Å². The van der Waals surface area contributed by atoms with Gasteiger partial charge in [0.2, 0.25) is 0 Å². The summed E-state index contributed by atoms with van der Waals surface area (Å²) in [5, 5.41) is 9.10. The molecular formula is C16H18O2. The highest BCUT2D eigenvalue weighted by molar-refractivity contribution is 5.74. The molecule has 0 amide bonds. The molecule has 0 fully saturated rings. The zero-order chi connectivity index (χ0) is 13.4. The van der Waals surface area contributed by atoms with Crippen molar-refractivity contribution in [3.05, 3.63) is 54.6 Å². The number of hydrogen-bond donors (Lipinski definition) is 1. The number of phenolic OH excluding ortho intramolecular Hbond substituents is 1. The van der Waals surface area contributed by atoms with E-state index < -0.39 is 0 Å². The van der Waals surface area contributed by atoms with Crippen molar-refractivity contribution in [2.75, 3.05) is 0 Å². The van der Waals surface area contributed by atoms with Crippen molar-refractivity contribution in [2.24, 2.45) is 0 Å². The van der Waals surface area contributed by atoms with E-state index in [0.29, 0.717) is 12.2 Å². The summed E-state index contributed by atoms with van der Waals surface area (Å²) in [6, 6.07) is 17.3. The number of rotatable bonds is 2. The molecule has 0 aliphatic heterocycles. The number of phenols is 1. The van der Waals surface area contributed by atoms with Gasteiger partial charge in [-0.3, -0.25) is 0 Å². The molecule has 2 aromatic rings. The molecule has 0 radical (unpaired) electrons. The molecule has 2 rings (SSSR count). The van der Waals surface area contributed by atoms with Gasteiger partial charge in [-0.25, -0.2) is 0 Å². The lowest BCUT2D eigenvalue weighted by Crippen LogP contribution is -1.80. The molecule has 18 heavy (non-hydrogen) atoms. The quantitative estimate of drug-likeness (QED) is 0.862. The first kappa shape index (κ1) is 14.0. The molecular weight excluding hydrogens is 224 g/mol. The number of ketones is 1. The van der Waals surface area contributed by atoms with E-state index in [0.717, 1.165) is 5.56 Å². The van der Waals surface area contributed by atoms with Gasteiger partial charge in [0.05, 0.1) is 0 Å². The third-order valence-corrected chi connectivity index (χ3v) is 2.47. The Hall–Kier alpha value is -2.09. The second-order valence-corrected chi connectivity index (χ2v) is 3.97. The third-order valence-electron chi connectivity index (χ3n) is 2.47. The molecule has 0 heterocycles. The Morgan fingerprint density at radius 3 is 1.83 bits per heavy atom. The molecule has 0 aliphatic rings. The minimum atomic E-state index is 0.255. The first-order chi connectivity index (χ1) is 8.63. The van der Waals surface area contributed by atoms with Crippen LogP contribution >= 0.6 is 0 Å². The molecule has 94 valence electrons. The largest absolute Gasteiger partial charge is 0.508 e. The van der Waals surface area contributed by atoms with Crippen LogP contribution in [0.15, 0.2) is 54.6 Å². The van der Waals surface area contributed by atoms with Gasteiger partial charge < -0.3 is 9.90 Å². The zero-order valence-electron chi connectivity index (χ0n) is 10.8. The number of hydrogen-bond acceptors (Lipinski definition) is 2. The Morgan fingerprint density at radius 1 is 0.944 bits per heavy atom. The third kappa shape index (κ3) is 4.83. The highest BCUT2D eigenvalue weighted by Crippen LogP contribution is 2.20. The molecule has 2 aromatic carbocycles. The molecule has 0 saturated carbocycles. The fourth-order valence-electron chi connectivity index (χ4n) is 1.28. The van der Waals surface area contributed by atoms with Crippen LogP contribution in [0.5, 0.6) is 5.75 Å². The molecule has 0 spiro atoms. The number of Topliss-reactive ketones (excluding diaryl/α,β-unsaturated/α-hetero) is 1. The van der Waals surface area contributed by atoms with Gasteiger partial charge in [-0.2, -0.15) is 0 Å². The van der Waals surface area contributed by atoms with Crippen LogP contribution in [-0.4, -0.2) is 10.9 Å². The maximum absolute atomic E-state index is 9.81. The van der Waals surface area contributed by atoms with Gasteiger partial charge in [-0.1, -0.05) is 49.4 Å². The second kappa shape index (κ2) is 7.28. The van der Waals surface area contributed by atoms with Crippen LogP contribution in [0.1, 0.15) is 20.3 Å². The predicted molar refractivity (Wildman–Crippen MR) is 74.5 cm³/mol. The summed E-state index contributed by atoms with van der Waals surface area (Å²) in [7, 11) is 0. The van der Waals surface area contributed by atoms with E-state index in [1.165, 1.54) is 5.56 Å². The van der Waals surface area contributed by atoms with Crippen molar-refractivity contribution in [3.63, 3.8) is 0 Å². The van der Waals surface area contributed by atoms with Gasteiger partial charge in [-0.05, 0) is 30.2 Å². The minimum absolute atomic E-state index is 0.255. The normalized spacial score (nSPS) is 9.22. The first-order valence-corrected chi connectivity index (χ1v) is 5.97. The average Bonchev–Trinajstić information content (AvgIpc) is 2.41. The lowest BCUT2D eigenvalue weighted by atomic mass is 10.1. The fourth-order valence-corrected chi connectivity index (χ4v) is 1.28. The van der Waals surface area contributed by atoms with E-state index in [1.807, 2.05) is 49.4 Å². The van der Waals surface area contributed by atoms with Crippen molar-refractivity contribution in [3.8, 4) is 16.9 Å². The number of aromatic hydroxyl groups is 1. The zero-order valence-corrected chi connectivity index (χ0v) is 10.8. The molecule has 1 N–H and O–H groups in total. The Labute approximate surface area is 108 Å². The molecule has 2 nitrogen and oxygen atoms in total. The summed E-state index contributed by atoms with van der Waals surface area (Å²) in [6.45, 7) is 3.43. The van der Waals surface area contributed by atoms with E-state index in [9.17, 15) is 4.79 Å². The fraction of sp³-hybridized carbons (Fsp3) is 0.188. The van der Waals surface area contributed by atoms with E-state index in [1.54, 1.807) is 19.1 Å². The van der Waals surface area contributed by atoms with Crippen molar-refractivity contribution in [1.29, 1.82) is 0 Å². The van der Waals surface area contributed by atoms with Crippen LogP contribution in [0.25, 0.3) is 11.1 Å². The molecule has 0 unspecified atom stereocenters. The van der Waals surface area contributed by atoms with Crippen LogP contribution in [0.2, 0.25) is 0 Å².